The van der Waals surface area contributed by atoms with Crippen LogP contribution in [0.4, 0.5) is 0 Å². The molecule has 10 aromatic carbocycles. The molecule has 0 aliphatic carbocycles. The number of esters is 9. The van der Waals surface area contributed by atoms with Crippen molar-refractivity contribution in [1.82, 2.24) is 0 Å². The molecule has 1 aliphatic heterocycles. The van der Waals surface area contributed by atoms with Gasteiger partial charge in [-0.3, -0.25) is 4.79 Å². The summed E-state index contributed by atoms with van der Waals surface area (Å²) in [5.41, 5.74) is -8.86. The van der Waals surface area contributed by atoms with Gasteiger partial charge in [-0.25, -0.2) is 43.2 Å². The maximum Gasteiger partial charge on any atom is 0.343 e. The van der Waals surface area contributed by atoms with Crippen LogP contribution in [0.5, 0.6) is 167 Å². The number of carbonyl (C=O) groups excluding carboxylic acids is 10. The number of ether oxygens (including phenoxy) is 11. The van der Waals surface area contributed by atoms with Crippen molar-refractivity contribution in [3.05, 3.63) is 183 Å². The predicted octanol–water partition coefficient (Wildman–Crippen LogP) is 5.89. The zero-order chi connectivity index (χ0) is 89.2. The average molecular weight is 1700 g/mol. The van der Waals surface area contributed by atoms with E-state index in [2.05, 4.69) is 0 Å². The summed E-state index contributed by atoms with van der Waals surface area (Å²) in [7, 11) is 1.01. The molecule has 23 N–H and O–H groups in total. The first-order valence-electron chi connectivity index (χ1n) is 33.7. The lowest BCUT2D eigenvalue weighted by molar-refractivity contribution is -0.227. The second-order valence-corrected chi connectivity index (χ2v) is 25.6. The average Bonchev–Trinajstić information content (AvgIpc) is 0.747. The van der Waals surface area contributed by atoms with E-state index < -0.39 is 325 Å². The zero-order valence-corrected chi connectivity index (χ0v) is 60.8. The van der Waals surface area contributed by atoms with Gasteiger partial charge in [0.05, 0.1) is 57.2 Å². The lowest BCUT2D eigenvalue weighted by Gasteiger charge is -2.44. The quantitative estimate of drug-likeness (QED) is 0.0117. The van der Waals surface area contributed by atoms with Gasteiger partial charge in [0, 0.05) is 18.1 Å². The Morgan fingerprint density at radius 3 is 0.844 bits per heavy atom. The summed E-state index contributed by atoms with van der Waals surface area (Å²) in [6.45, 7) is -1.59. The SMILES string of the molecule is COc1c(O)cc(C(=O)Oc2cc(C(=O)O[C@@H]3[C@@H](OC(=O)c4cc(O)cc(OC(=O)c5cc(O)c(O)c(O)c5)c4)[C@H](OC(=O)c4cc(O)c(O)c(OC(=O)c5cc(O)c(O)c(O)c5)c4)[C@@H](COC(=O)c4cc(O)c(O)c(OC(=O)c5cc(O)c(O)c(O)c5)c4)O[C@H]3CC(=O)c3cc(O)c(O)c(OC(=O)c4cc(O)c(O)c(O)c4)c3)cc(O)c2O)cc1O. The summed E-state index contributed by atoms with van der Waals surface area (Å²) in [5.74, 6) is -49.9. The lowest BCUT2D eigenvalue weighted by atomic mass is 9.90. The minimum atomic E-state index is -2.91. The Balaban J connectivity index is 1.08. The Labute approximate surface area is 675 Å². The highest BCUT2D eigenvalue weighted by molar-refractivity contribution is 6.01. The largest absolute Gasteiger partial charge is 0.508 e. The van der Waals surface area contributed by atoms with Crippen LogP contribution in [0.3, 0.4) is 0 Å². The maximum atomic E-state index is 15.3. The number of aromatic hydroxyl groups is 23. The summed E-state index contributed by atoms with van der Waals surface area (Å²) in [4.78, 5) is 143. The molecule has 0 unspecified atom stereocenters. The molecule has 1 aliphatic rings. The standard InChI is InChI=1S/C78H56O44/c1-112-66-50(93)16-31(17-51(66)94)75(108)119-55-20-33(14-48(91)65(55)102)77(110)120-67-56(23-37(80)25-4-46(89)62(99)52(18-25)116-72(105)28-7-40(83)59(96)41(84)8-28)115-57(24-113-70(103)32-13-47(90)63(100)53(19-32)117-73(106)29-9-42(85)60(97)43(86)10-29)68(121-78(111)34-15-49(92)64(101)54(21-34)118-74(107)30-11-44(87)61(98)45(88)12-30)69(67)122-76(109)26-2-35(79)22-36(3-26)114-71(104)27-5-38(81)58(95)39(82)6-27/h2-22,56-57,67-69,79,81-102H,23-24H2,1H3/t56-,57+,67-,68+,69+/m0/s1. The van der Waals surface area contributed by atoms with Crippen molar-refractivity contribution < 1.29 is 218 Å². The number of ketones is 1. The molecule has 0 spiro atoms. The first-order chi connectivity index (χ1) is 57.5. The summed E-state index contributed by atoms with van der Waals surface area (Å²) < 4.78 is 60.8. The first-order valence-corrected chi connectivity index (χ1v) is 33.7. The molecule has 44 nitrogen and oxygen atoms in total. The Bertz CT molecular complexity index is 5930. The fraction of sp³-hybridized carbons (Fsp3) is 0.103. The van der Waals surface area contributed by atoms with Gasteiger partial charge in [0.1, 0.15) is 30.3 Å². The molecule has 0 radical (unpaired) electrons. The minimum Gasteiger partial charge on any atom is -0.508 e. The molecular weight excluding hydrogens is 1640 g/mol. The van der Waals surface area contributed by atoms with Gasteiger partial charge in [0.2, 0.25) is 28.7 Å². The summed E-state index contributed by atoms with van der Waals surface area (Å²) in [6.07, 6.45) is -15.2. The van der Waals surface area contributed by atoms with E-state index >= 15 is 19.2 Å². The van der Waals surface area contributed by atoms with Crippen LogP contribution in [-0.4, -0.2) is 221 Å². The molecule has 1 saturated heterocycles. The molecule has 122 heavy (non-hydrogen) atoms. The van der Waals surface area contributed by atoms with Crippen LogP contribution in [0.15, 0.2) is 127 Å². The fourth-order valence-corrected chi connectivity index (χ4v) is 11.4. The van der Waals surface area contributed by atoms with Gasteiger partial charge in [-0.1, -0.05) is 0 Å². The molecule has 5 atom stereocenters. The van der Waals surface area contributed by atoms with Crippen molar-refractivity contribution in [3.8, 4) is 167 Å². The highest BCUT2D eigenvalue weighted by Gasteiger charge is 2.54. The third-order valence-corrected chi connectivity index (χ3v) is 17.3. The van der Waals surface area contributed by atoms with Crippen molar-refractivity contribution in [1.29, 1.82) is 0 Å². The van der Waals surface area contributed by atoms with E-state index in [1.54, 1.807) is 0 Å². The Morgan fingerprint density at radius 1 is 0.262 bits per heavy atom. The van der Waals surface area contributed by atoms with E-state index in [0.717, 1.165) is 7.11 Å². The fourth-order valence-electron chi connectivity index (χ4n) is 11.4. The predicted molar refractivity (Wildman–Crippen MR) is 390 cm³/mol. The highest BCUT2D eigenvalue weighted by Crippen LogP contribution is 2.47. The Morgan fingerprint density at radius 2 is 0.516 bits per heavy atom. The molecule has 44 heteroatoms. The van der Waals surface area contributed by atoms with E-state index in [4.69, 9.17) is 52.1 Å². The Kier molecular flexibility index (Phi) is 23.7. The number of benzene rings is 10. The van der Waals surface area contributed by atoms with E-state index in [0.29, 0.717) is 127 Å². The van der Waals surface area contributed by atoms with Gasteiger partial charge in [-0.2, -0.15) is 0 Å². The summed E-state index contributed by atoms with van der Waals surface area (Å²) >= 11 is 0. The van der Waals surface area contributed by atoms with Gasteiger partial charge in [-0.05, 0) is 121 Å². The number of phenolic OH excluding ortho intramolecular Hbond substituents is 23. The number of hydrogen-bond acceptors (Lipinski definition) is 44. The second-order valence-electron chi connectivity index (χ2n) is 25.6. The molecule has 1 fully saturated rings. The van der Waals surface area contributed by atoms with Gasteiger partial charge in [-0.15, -0.1) is 0 Å². The summed E-state index contributed by atoms with van der Waals surface area (Å²) in [5, 5.41) is 241. The molecular formula is C78H56O44. The van der Waals surface area contributed by atoms with Crippen LogP contribution < -0.4 is 28.4 Å². The van der Waals surface area contributed by atoms with Crippen molar-refractivity contribution in [3.63, 3.8) is 0 Å². The molecule has 11 rings (SSSR count). The van der Waals surface area contributed by atoms with Gasteiger partial charge >= 0.3 is 53.7 Å². The van der Waals surface area contributed by atoms with Gasteiger partial charge < -0.3 is 170 Å². The normalized spacial score (nSPS) is 14.6. The van der Waals surface area contributed by atoms with Crippen molar-refractivity contribution in [2.75, 3.05) is 13.7 Å². The van der Waals surface area contributed by atoms with Crippen LogP contribution in [0.25, 0.3) is 0 Å². The third kappa shape index (κ3) is 18.0. The van der Waals surface area contributed by atoms with Crippen LogP contribution in [-0.2, 0) is 23.7 Å². The number of Topliss-reactive ketones (excluding diaryl/α,β-unsaturated/α-hetero) is 1. The number of rotatable bonds is 23. The number of phenols is 23. The first kappa shape index (κ1) is 85.2. The smallest absolute Gasteiger partial charge is 0.343 e. The zero-order valence-electron chi connectivity index (χ0n) is 60.8. The topological polar surface area (TPSA) is 738 Å². The van der Waals surface area contributed by atoms with Crippen molar-refractivity contribution >= 4 is 59.5 Å². The van der Waals surface area contributed by atoms with Crippen LogP contribution in [0, 0.1) is 0 Å². The molecule has 1 heterocycles. The number of hydrogen-bond donors (Lipinski definition) is 23. The summed E-state index contributed by atoms with van der Waals surface area (Å²) in [6, 6.07) is 11.1. The van der Waals surface area contributed by atoms with Gasteiger partial charge in [0.15, 0.2) is 151 Å². The Hall–Kier alpha value is -17.7. The number of methoxy groups -OCH3 is 1. The molecule has 0 bridgehead atoms. The highest BCUT2D eigenvalue weighted by atomic mass is 16.7. The van der Waals surface area contributed by atoms with Gasteiger partial charge in [0.25, 0.3) is 0 Å². The van der Waals surface area contributed by atoms with Crippen LogP contribution in [0.2, 0.25) is 0 Å². The molecule has 0 aromatic heterocycles. The van der Waals surface area contributed by atoms with Crippen LogP contribution >= 0.6 is 0 Å². The molecule has 0 amide bonds. The van der Waals surface area contributed by atoms with Crippen LogP contribution in [0.1, 0.15) is 110 Å². The van der Waals surface area contributed by atoms with Crippen molar-refractivity contribution in [2.45, 2.75) is 36.9 Å². The molecule has 10 aromatic rings. The second kappa shape index (κ2) is 34.0. The number of carbonyl (C=O) groups is 10. The monoisotopic (exact) mass is 1700 g/mol. The van der Waals surface area contributed by atoms with E-state index in [9.17, 15) is 146 Å². The molecule has 632 valence electrons. The maximum absolute atomic E-state index is 15.3. The third-order valence-electron chi connectivity index (χ3n) is 17.3. The van der Waals surface area contributed by atoms with Crippen molar-refractivity contribution in [2.24, 2.45) is 0 Å². The lowest BCUT2D eigenvalue weighted by Crippen LogP contribution is -2.62. The minimum absolute atomic E-state index is 0.371. The van der Waals surface area contributed by atoms with E-state index in [-0.39, 0.29) is 0 Å². The molecule has 0 saturated carbocycles. The van der Waals surface area contributed by atoms with E-state index in [1.807, 2.05) is 0 Å². The van der Waals surface area contributed by atoms with E-state index in [1.165, 1.54) is 0 Å².